The largest absolute Gasteiger partial charge is 0.480 e. The van der Waals surface area contributed by atoms with Gasteiger partial charge in [0, 0.05) is 24.9 Å². The third kappa shape index (κ3) is 5.33. The number of nitrogens with zero attached hydrogens (tertiary/aromatic N) is 1. The van der Waals surface area contributed by atoms with Crippen LogP contribution in [0.25, 0.3) is 0 Å². The number of carboxylic acids is 1. The molecule has 1 amide bonds. The van der Waals surface area contributed by atoms with E-state index in [0.717, 1.165) is 0 Å². The Morgan fingerprint density at radius 2 is 2.14 bits per heavy atom. The average Bonchev–Trinajstić information content (AvgIpc) is 2.52. The number of carbonyl (C=O) groups excluding carboxylic acids is 1. The number of pyridine rings is 1. The first-order chi connectivity index (χ1) is 10.5. The normalized spacial score (nSPS) is 13.2. The van der Waals surface area contributed by atoms with Crippen molar-refractivity contribution >= 4 is 11.9 Å². The first-order valence-corrected chi connectivity index (χ1v) is 7.11. The number of nitrogens with one attached hydrogen (secondary N) is 1. The number of carboxylic acid groups (broad SMARTS) is 1. The van der Waals surface area contributed by atoms with Gasteiger partial charge in [0.1, 0.15) is 12.6 Å². The van der Waals surface area contributed by atoms with Crippen LogP contribution in [0.1, 0.15) is 30.6 Å². The summed E-state index contributed by atoms with van der Waals surface area (Å²) >= 11 is 0. The van der Waals surface area contributed by atoms with Gasteiger partial charge in [-0.05, 0) is 12.0 Å². The molecule has 1 aromatic rings. The van der Waals surface area contributed by atoms with Gasteiger partial charge in [0.2, 0.25) is 5.88 Å². The van der Waals surface area contributed by atoms with Crippen molar-refractivity contribution in [1.82, 2.24) is 10.3 Å². The number of aliphatic carboxylic acids is 1. The summed E-state index contributed by atoms with van der Waals surface area (Å²) in [6, 6.07) is 2.05. The Bertz CT molecular complexity index is 506. The van der Waals surface area contributed by atoms with Crippen LogP contribution in [0.3, 0.4) is 0 Å². The van der Waals surface area contributed by atoms with Gasteiger partial charge in [-0.15, -0.1) is 0 Å². The van der Waals surface area contributed by atoms with Gasteiger partial charge in [0.25, 0.3) is 5.91 Å². The van der Waals surface area contributed by atoms with E-state index < -0.39 is 17.9 Å². The zero-order valence-corrected chi connectivity index (χ0v) is 13.0. The summed E-state index contributed by atoms with van der Waals surface area (Å²) in [6.45, 7) is 4.39. The minimum absolute atomic E-state index is 0.166. The fraction of sp³-hybridized carbons (Fsp3) is 0.533. The second-order valence-corrected chi connectivity index (χ2v) is 4.90. The number of ether oxygens (including phenoxy) is 2. The monoisotopic (exact) mass is 310 g/mol. The molecule has 0 fully saturated rings. The van der Waals surface area contributed by atoms with E-state index >= 15 is 0 Å². The van der Waals surface area contributed by atoms with E-state index in [0.29, 0.717) is 31.1 Å². The number of hydrogen-bond donors (Lipinski definition) is 2. The summed E-state index contributed by atoms with van der Waals surface area (Å²) in [6.07, 6.45) is 2.09. The highest BCUT2D eigenvalue weighted by Crippen LogP contribution is 2.12. The lowest BCUT2D eigenvalue weighted by molar-refractivity contribution is -0.140. The zero-order chi connectivity index (χ0) is 16.5. The Hall–Kier alpha value is -2.15. The van der Waals surface area contributed by atoms with Crippen molar-refractivity contribution in [3.8, 4) is 5.88 Å². The van der Waals surface area contributed by atoms with Gasteiger partial charge in [0.15, 0.2) is 0 Å². The Labute approximate surface area is 129 Å². The van der Waals surface area contributed by atoms with Gasteiger partial charge >= 0.3 is 5.97 Å². The fourth-order valence-electron chi connectivity index (χ4n) is 1.77. The highest BCUT2D eigenvalue weighted by molar-refractivity contribution is 5.96. The molecule has 0 unspecified atom stereocenters. The van der Waals surface area contributed by atoms with E-state index in [-0.39, 0.29) is 5.92 Å². The molecule has 0 saturated heterocycles. The maximum absolute atomic E-state index is 12.2. The first-order valence-electron chi connectivity index (χ1n) is 7.11. The zero-order valence-electron chi connectivity index (χ0n) is 13.0. The topological polar surface area (TPSA) is 97.8 Å². The van der Waals surface area contributed by atoms with Crippen molar-refractivity contribution < 1.29 is 24.2 Å². The highest BCUT2D eigenvalue weighted by atomic mass is 16.5. The van der Waals surface area contributed by atoms with Crippen LogP contribution in [0, 0.1) is 5.92 Å². The van der Waals surface area contributed by atoms with Gasteiger partial charge in [-0.3, -0.25) is 4.79 Å². The first kappa shape index (κ1) is 17.9. The quantitative estimate of drug-likeness (QED) is 0.668. The Morgan fingerprint density at radius 3 is 2.73 bits per heavy atom. The SMILES string of the molecule is CC[C@H](C)[C@H](NC(=O)c1ccnc(OCCOC)c1)C(=O)O. The summed E-state index contributed by atoms with van der Waals surface area (Å²) in [5.74, 6) is -1.39. The Kier molecular flexibility index (Phi) is 7.31. The van der Waals surface area contributed by atoms with Crippen molar-refractivity contribution in [2.24, 2.45) is 5.92 Å². The predicted octanol–water partition coefficient (Wildman–Crippen LogP) is 1.34. The van der Waals surface area contributed by atoms with Gasteiger partial charge in [-0.1, -0.05) is 20.3 Å². The molecular formula is C15H22N2O5. The number of rotatable bonds is 9. The molecule has 0 radical (unpaired) electrons. The number of carbonyl (C=O) groups is 2. The summed E-state index contributed by atoms with van der Waals surface area (Å²) in [5, 5.41) is 11.7. The number of hydrogen-bond acceptors (Lipinski definition) is 5. The van der Waals surface area contributed by atoms with E-state index in [2.05, 4.69) is 10.3 Å². The van der Waals surface area contributed by atoms with Crippen LogP contribution in [0.4, 0.5) is 0 Å². The van der Waals surface area contributed by atoms with E-state index in [9.17, 15) is 14.7 Å². The minimum atomic E-state index is -1.05. The molecule has 22 heavy (non-hydrogen) atoms. The second-order valence-electron chi connectivity index (χ2n) is 4.90. The van der Waals surface area contributed by atoms with Crippen LogP contribution >= 0.6 is 0 Å². The average molecular weight is 310 g/mol. The van der Waals surface area contributed by atoms with Gasteiger partial charge < -0.3 is 19.9 Å². The third-order valence-corrected chi connectivity index (χ3v) is 3.30. The molecule has 0 aliphatic carbocycles. The third-order valence-electron chi connectivity index (χ3n) is 3.30. The van der Waals surface area contributed by atoms with Crippen LogP contribution in [0.5, 0.6) is 5.88 Å². The summed E-state index contributed by atoms with van der Waals surface area (Å²) in [4.78, 5) is 27.4. The molecule has 0 aliphatic heterocycles. The molecule has 122 valence electrons. The number of methoxy groups -OCH3 is 1. The van der Waals surface area contributed by atoms with Crippen LogP contribution in [-0.4, -0.2) is 48.3 Å². The lowest BCUT2D eigenvalue weighted by Crippen LogP contribution is -2.45. The molecule has 2 N–H and O–H groups in total. The molecule has 1 aromatic heterocycles. The van der Waals surface area contributed by atoms with Gasteiger partial charge in [0.05, 0.1) is 6.61 Å². The minimum Gasteiger partial charge on any atom is -0.480 e. The number of amides is 1. The molecule has 0 spiro atoms. The number of aromatic nitrogens is 1. The van der Waals surface area contributed by atoms with E-state index in [4.69, 9.17) is 9.47 Å². The molecule has 0 aromatic carbocycles. The summed E-state index contributed by atoms with van der Waals surface area (Å²) in [5.41, 5.74) is 0.303. The lowest BCUT2D eigenvalue weighted by atomic mass is 9.99. The van der Waals surface area contributed by atoms with Crippen LogP contribution in [0.2, 0.25) is 0 Å². The van der Waals surface area contributed by atoms with Crippen molar-refractivity contribution in [2.75, 3.05) is 20.3 Å². The smallest absolute Gasteiger partial charge is 0.326 e. The maximum Gasteiger partial charge on any atom is 0.326 e. The van der Waals surface area contributed by atoms with E-state index in [1.165, 1.54) is 18.3 Å². The van der Waals surface area contributed by atoms with Crippen LogP contribution < -0.4 is 10.1 Å². The molecular weight excluding hydrogens is 288 g/mol. The summed E-state index contributed by atoms with van der Waals surface area (Å²) < 4.78 is 10.2. The maximum atomic E-state index is 12.2. The van der Waals surface area contributed by atoms with E-state index in [1.54, 1.807) is 14.0 Å². The van der Waals surface area contributed by atoms with Crippen molar-refractivity contribution in [3.63, 3.8) is 0 Å². The standard InChI is InChI=1S/C15H22N2O5/c1-4-10(2)13(15(19)20)17-14(18)11-5-6-16-12(9-11)22-8-7-21-3/h5-6,9-10,13H,4,7-8H2,1-3H3,(H,17,18)(H,19,20)/t10-,13-/m0/s1. The lowest BCUT2D eigenvalue weighted by Gasteiger charge is -2.20. The molecule has 1 heterocycles. The molecule has 1 rings (SSSR count). The molecule has 7 heteroatoms. The summed E-state index contributed by atoms with van der Waals surface area (Å²) in [7, 11) is 1.56. The Balaban J connectivity index is 2.75. The molecule has 7 nitrogen and oxygen atoms in total. The Morgan fingerprint density at radius 1 is 1.41 bits per heavy atom. The van der Waals surface area contributed by atoms with Gasteiger partial charge in [-0.2, -0.15) is 0 Å². The molecule has 2 atom stereocenters. The highest BCUT2D eigenvalue weighted by Gasteiger charge is 2.25. The molecule has 0 bridgehead atoms. The van der Waals surface area contributed by atoms with E-state index in [1.807, 2.05) is 6.92 Å². The predicted molar refractivity (Wildman–Crippen MR) is 80.0 cm³/mol. The van der Waals surface area contributed by atoms with Crippen molar-refractivity contribution in [2.45, 2.75) is 26.3 Å². The van der Waals surface area contributed by atoms with Crippen molar-refractivity contribution in [1.29, 1.82) is 0 Å². The van der Waals surface area contributed by atoms with Crippen LogP contribution in [0.15, 0.2) is 18.3 Å². The second kappa shape index (κ2) is 8.99. The molecule has 0 aliphatic rings. The van der Waals surface area contributed by atoms with Crippen LogP contribution in [-0.2, 0) is 9.53 Å². The van der Waals surface area contributed by atoms with Crippen molar-refractivity contribution in [3.05, 3.63) is 23.9 Å². The fourth-order valence-corrected chi connectivity index (χ4v) is 1.77. The molecule has 0 saturated carbocycles. The van der Waals surface area contributed by atoms with Gasteiger partial charge in [-0.25, -0.2) is 9.78 Å².